The van der Waals surface area contributed by atoms with Gasteiger partial charge in [-0.3, -0.25) is 19.4 Å². The molecule has 1 saturated heterocycles. The first-order valence-corrected chi connectivity index (χ1v) is 14.5. The average molecular weight is 603 g/mol. The highest BCUT2D eigenvalue weighted by Gasteiger charge is 2.46. The molecule has 3 aromatic heterocycles. The predicted octanol–water partition coefficient (Wildman–Crippen LogP) is 4.86. The fourth-order valence-electron chi connectivity index (χ4n) is 5.49. The Labute approximate surface area is 251 Å². The Morgan fingerprint density at radius 3 is 2.70 bits per heavy atom. The molecule has 7 rings (SSSR count). The first-order valence-electron chi connectivity index (χ1n) is 14.1. The molecule has 4 amide bonds. The molecular weight excluding hydrogens is 575 g/mol. The number of halogens is 2. The number of carbonyl (C=O) groups excluding carboxylic acids is 3. The maximum absolute atomic E-state index is 14.8. The van der Waals surface area contributed by atoms with Gasteiger partial charge in [0.25, 0.3) is 0 Å². The van der Waals surface area contributed by atoms with E-state index in [9.17, 15) is 18.8 Å². The van der Waals surface area contributed by atoms with Crippen molar-refractivity contribution in [1.82, 2.24) is 24.3 Å². The molecule has 2 atom stereocenters. The topological polar surface area (TPSA) is 125 Å². The maximum Gasteiger partial charge on any atom is 0.331 e. The third-order valence-electron chi connectivity index (χ3n) is 8.16. The lowest BCUT2D eigenvalue weighted by atomic mass is 10.1. The Balaban J connectivity index is 1.09. The zero-order valence-corrected chi connectivity index (χ0v) is 24.2. The van der Waals surface area contributed by atoms with Gasteiger partial charge in [-0.05, 0) is 61.9 Å². The molecule has 2 aliphatic carbocycles. The molecule has 4 aromatic rings. The molecule has 0 spiro atoms. The predicted molar refractivity (Wildman–Crippen MR) is 158 cm³/mol. The van der Waals surface area contributed by atoms with Crippen LogP contribution in [0.3, 0.4) is 0 Å². The van der Waals surface area contributed by atoms with Gasteiger partial charge in [-0.2, -0.15) is 0 Å². The summed E-state index contributed by atoms with van der Waals surface area (Å²) in [5.41, 5.74) is 4.21. The van der Waals surface area contributed by atoms with Crippen molar-refractivity contribution >= 4 is 52.2 Å². The highest BCUT2D eigenvalue weighted by molar-refractivity contribution is 6.33. The molecule has 4 heterocycles. The Kier molecular flexibility index (Phi) is 6.53. The molecule has 2 saturated carbocycles. The number of urea groups is 1. The summed E-state index contributed by atoms with van der Waals surface area (Å²) in [5.74, 6) is -0.498. The van der Waals surface area contributed by atoms with Gasteiger partial charge in [0.05, 0.1) is 28.6 Å². The number of benzene rings is 1. The van der Waals surface area contributed by atoms with Crippen LogP contribution in [0.1, 0.15) is 53.9 Å². The summed E-state index contributed by atoms with van der Waals surface area (Å²) in [6.45, 7) is 2.02. The summed E-state index contributed by atoms with van der Waals surface area (Å²) in [7, 11) is 1.47. The lowest BCUT2D eigenvalue weighted by Gasteiger charge is -2.17. The van der Waals surface area contributed by atoms with E-state index in [-0.39, 0.29) is 47.4 Å². The van der Waals surface area contributed by atoms with Crippen molar-refractivity contribution < 1.29 is 18.8 Å². The number of anilines is 3. The standard InChI is InChI=1S/C30H28ClFN8O3/c1-15-5-6-33-27(35-15)20-10-21(20)29(42)37-18-8-22(32)26(31)23(9-18)34-11-19-13-39-12-17(16-3-4-16)7-24(28(39)36-19)40-14-25(41)38(2)30(40)43/h5-9,12-13,16,20-21,34H,3-4,10-11,14H2,1-2H3,(H,37,42). The van der Waals surface area contributed by atoms with E-state index >= 15 is 0 Å². The van der Waals surface area contributed by atoms with Crippen LogP contribution in [0.15, 0.2) is 42.9 Å². The van der Waals surface area contributed by atoms with Crippen LogP contribution in [0.25, 0.3) is 5.65 Å². The molecule has 2 N–H and O–H groups in total. The number of imidazole rings is 1. The summed E-state index contributed by atoms with van der Waals surface area (Å²) in [6, 6.07) is 6.12. The van der Waals surface area contributed by atoms with Gasteiger partial charge in [-0.1, -0.05) is 11.6 Å². The third kappa shape index (κ3) is 5.16. The van der Waals surface area contributed by atoms with Gasteiger partial charge < -0.3 is 15.0 Å². The Morgan fingerprint density at radius 1 is 1.16 bits per heavy atom. The lowest BCUT2D eigenvalue weighted by Crippen LogP contribution is -2.30. The molecule has 11 nitrogen and oxygen atoms in total. The number of pyridine rings is 1. The molecule has 3 aliphatic rings. The van der Waals surface area contributed by atoms with E-state index in [0.29, 0.717) is 40.9 Å². The summed E-state index contributed by atoms with van der Waals surface area (Å²) >= 11 is 6.28. The number of nitrogens with zero attached hydrogens (tertiary/aromatic N) is 6. The van der Waals surface area contributed by atoms with E-state index in [1.807, 2.05) is 29.8 Å². The molecular formula is C30H28ClFN8O3. The van der Waals surface area contributed by atoms with E-state index in [0.717, 1.165) is 29.0 Å². The monoisotopic (exact) mass is 602 g/mol. The van der Waals surface area contributed by atoms with E-state index in [4.69, 9.17) is 16.6 Å². The maximum atomic E-state index is 14.8. The quantitative estimate of drug-likeness (QED) is 0.276. The molecule has 3 fully saturated rings. The van der Waals surface area contributed by atoms with E-state index in [2.05, 4.69) is 20.6 Å². The minimum atomic E-state index is -0.677. The number of carbonyl (C=O) groups is 3. The van der Waals surface area contributed by atoms with Crippen LogP contribution in [0, 0.1) is 18.7 Å². The number of fused-ring (bicyclic) bond motifs is 1. The van der Waals surface area contributed by atoms with E-state index < -0.39 is 11.8 Å². The summed E-state index contributed by atoms with van der Waals surface area (Å²) in [6.07, 6.45) is 8.27. The Hall–Kier alpha value is -4.58. The molecule has 220 valence electrons. The van der Waals surface area contributed by atoms with Crippen molar-refractivity contribution in [1.29, 1.82) is 0 Å². The second-order valence-corrected chi connectivity index (χ2v) is 11.8. The van der Waals surface area contributed by atoms with Crippen LogP contribution in [0.2, 0.25) is 5.02 Å². The summed E-state index contributed by atoms with van der Waals surface area (Å²) in [5, 5.41) is 5.82. The van der Waals surface area contributed by atoms with Gasteiger partial charge in [-0.15, -0.1) is 0 Å². The summed E-state index contributed by atoms with van der Waals surface area (Å²) < 4.78 is 16.7. The molecule has 1 aromatic carbocycles. The van der Waals surface area contributed by atoms with Crippen molar-refractivity contribution in [2.45, 2.75) is 44.6 Å². The number of imide groups is 1. The van der Waals surface area contributed by atoms with Gasteiger partial charge in [0.2, 0.25) is 11.8 Å². The fraction of sp³-hybridized carbons (Fsp3) is 0.333. The normalized spacial score (nSPS) is 19.8. The third-order valence-corrected chi connectivity index (χ3v) is 8.54. The van der Waals surface area contributed by atoms with E-state index in [1.54, 1.807) is 18.3 Å². The minimum Gasteiger partial charge on any atom is -0.378 e. The highest BCUT2D eigenvalue weighted by atomic mass is 35.5. The number of hydrogen-bond acceptors (Lipinski definition) is 7. The average Bonchev–Trinajstić information content (AvgIpc) is 3.91. The van der Waals surface area contributed by atoms with Crippen LogP contribution < -0.4 is 15.5 Å². The van der Waals surface area contributed by atoms with E-state index in [1.165, 1.54) is 18.0 Å². The number of hydrogen-bond donors (Lipinski definition) is 2. The molecule has 0 radical (unpaired) electrons. The number of likely N-dealkylation sites (N-methyl/N-ethyl adjacent to an activating group) is 1. The lowest BCUT2D eigenvalue weighted by molar-refractivity contribution is -0.124. The summed E-state index contributed by atoms with van der Waals surface area (Å²) in [4.78, 5) is 53.9. The first kappa shape index (κ1) is 27.3. The number of rotatable bonds is 8. The van der Waals surface area contributed by atoms with Crippen molar-refractivity contribution in [3.63, 3.8) is 0 Å². The molecule has 2 unspecified atom stereocenters. The Bertz CT molecular complexity index is 1820. The first-order chi connectivity index (χ1) is 20.7. The Morgan fingerprint density at radius 2 is 1.98 bits per heavy atom. The van der Waals surface area contributed by atoms with Crippen molar-refractivity contribution in [3.05, 3.63) is 76.5 Å². The number of aromatic nitrogens is 4. The molecule has 1 aliphatic heterocycles. The number of aryl methyl sites for hydroxylation is 1. The second-order valence-electron chi connectivity index (χ2n) is 11.4. The van der Waals surface area contributed by atoms with Crippen LogP contribution in [0.4, 0.5) is 26.2 Å². The van der Waals surface area contributed by atoms with Gasteiger partial charge in [0, 0.05) is 48.9 Å². The number of nitrogens with one attached hydrogen (secondary N) is 2. The van der Waals surface area contributed by atoms with Crippen LogP contribution in [-0.4, -0.2) is 55.7 Å². The van der Waals surface area contributed by atoms with Crippen LogP contribution >= 0.6 is 11.6 Å². The number of amides is 4. The SMILES string of the molecule is Cc1ccnc(C2CC2C(=O)Nc2cc(F)c(Cl)c(NCc3cn4cc(C5CC5)cc(N5CC(=O)N(C)C5=O)c4n3)c2)n1. The largest absolute Gasteiger partial charge is 0.378 e. The van der Waals surface area contributed by atoms with Crippen LogP contribution in [0.5, 0.6) is 0 Å². The smallest absolute Gasteiger partial charge is 0.331 e. The van der Waals surface area contributed by atoms with Crippen molar-refractivity contribution in [2.24, 2.45) is 5.92 Å². The van der Waals surface area contributed by atoms with Crippen molar-refractivity contribution in [2.75, 3.05) is 29.1 Å². The molecule has 43 heavy (non-hydrogen) atoms. The fourth-order valence-corrected chi connectivity index (χ4v) is 5.66. The van der Waals surface area contributed by atoms with Gasteiger partial charge in [-0.25, -0.2) is 24.1 Å². The van der Waals surface area contributed by atoms with Gasteiger partial charge >= 0.3 is 6.03 Å². The zero-order chi connectivity index (χ0) is 30.0. The highest BCUT2D eigenvalue weighted by Crippen LogP contribution is 2.47. The minimum absolute atomic E-state index is 0.0490. The molecule has 13 heteroatoms. The second kappa shape index (κ2) is 10.3. The zero-order valence-electron chi connectivity index (χ0n) is 23.5. The van der Waals surface area contributed by atoms with Crippen molar-refractivity contribution in [3.8, 4) is 0 Å². The molecule has 0 bridgehead atoms. The van der Waals surface area contributed by atoms with Crippen LogP contribution in [-0.2, 0) is 16.1 Å². The van der Waals surface area contributed by atoms with Gasteiger partial charge in [0.15, 0.2) is 5.65 Å². The van der Waals surface area contributed by atoms with Gasteiger partial charge in [0.1, 0.15) is 18.2 Å².